The molecular weight excluding hydrogens is 507 g/mol. The molecule has 2 aliphatic heterocycles. The summed E-state index contributed by atoms with van der Waals surface area (Å²) in [5.74, 6) is -0.968. The molecular formula is C28H34FN4O4S+. The van der Waals surface area contributed by atoms with Crippen molar-refractivity contribution in [3.05, 3.63) is 71.9 Å². The fraction of sp³-hybridized carbons (Fsp3) is 0.429. The van der Waals surface area contributed by atoms with Gasteiger partial charge in [0.15, 0.2) is 4.75 Å². The van der Waals surface area contributed by atoms with E-state index in [9.17, 15) is 17.9 Å². The summed E-state index contributed by atoms with van der Waals surface area (Å²) in [6.45, 7) is 1.32. The van der Waals surface area contributed by atoms with E-state index >= 15 is 0 Å². The Hall–Kier alpha value is -3.24. The Kier molecular flexibility index (Phi) is 7.54. The Morgan fingerprint density at radius 1 is 1.08 bits per heavy atom. The third-order valence-corrected chi connectivity index (χ3v) is 10.7. The molecule has 2 aromatic rings. The number of likely N-dealkylation sites (tertiary alicyclic amines) is 1. The Morgan fingerprint density at radius 3 is 2.42 bits per heavy atom. The highest BCUT2D eigenvalue weighted by atomic mass is 32.3. The van der Waals surface area contributed by atoms with Crippen LogP contribution in [0.1, 0.15) is 44.9 Å². The number of ether oxygens (including phenoxy) is 1. The predicted molar refractivity (Wildman–Crippen MR) is 147 cm³/mol. The van der Waals surface area contributed by atoms with Crippen molar-refractivity contribution < 1.29 is 22.7 Å². The van der Waals surface area contributed by atoms with Gasteiger partial charge in [-0.3, -0.25) is 4.79 Å². The van der Waals surface area contributed by atoms with Crippen LogP contribution < -0.4 is 9.62 Å². The molecule has 3 aliphatic rings. The minimum Gasteiger partial charge on any atom is -0.483 e. The normalized spacial score (nSPS) is 23.8. The van der Waals surface area contributed by atoms with Crippen molar-refractivity contribution in [1.82, 2.24) is 4.90 Å². The van der Waals surface area contributed by atoms with Crippen molar-refractivity contribution in [2.45, 2.75) is 55.8 Å². The number of anilines is 2. The lowest BCUT2D eigenvalue weighted by atomic mass is 9.92. The molecule has 3 N–H and O–H groups in total. The Bertz CT molecular complexity index is 1260. The lowest BCUT2D eigenvalue weighted by Crippen LogP contribution is -2.52. The number of carbonyl (C=O) groups excluding carboxylic acids is 1. The van der Waals surface area contributed by atoms with E-state index in [0.29, 0.717) is 50.3 Å². The summed E-state index contributed by atoms with van der Waals surface area (Å²) < 4.78 is 45.8. The van der Waals surface area contributed by atoms with Gasteiger partial charge in [0.05, 0.1) is 18.3 Å². The fourth-order valence-electron chi connectivity index (χ4n) is 5.79. The third-order valence-electron chi connectivity index (χ3n) is 7.94. The van der Waals surface area contributed by atoms with Crippen LogP contribution in [0.15, 0.2) is 66.1 Å². The first kappa shape index (κ1) is 26.4. The molecule has 202 valence electrons. The van der Waals surface area contributed by atoms with E-state index in [4.69, 9.17) is 10.1 Å². The average molecular weight is 542 g/mol. The number of carbonyl (C=O) groups is 1. The molecule has 1 saturated carbocycles. The molecule has 5 rings (SSSR count). The zero-order valence-electron chi connectivity index (χ0n) is 21.3. The molecule has 8 nitrogen and oxygen atoms in total. The number of hydrogen-bond donors (Lipinski definition) is 3. The molecule has 1 atom stereocenters. The third kappa shape index (κ3) is 5.07. The summed E-state index contributed by atoms with van der Waals surface area (Å²) in [4.78, 5) is 15.3. The van der Waals surface area contributed by atoms with Gasteiger partial charge in [0, 0.05) is 44.3 Å². The number of para-hydroxylation sites is 1. The number of nitrogens with one attached hydrogen (secondary N) is 2. The maximum absolute atomic E-state index is 13.8. The highest BCUT2D eigenvalue weighted by Crippen LogP contribution is 2.47. The summed E-state index contributed by atoms with van der Waals surface area (Å²) in [6.07, 6.45) is 6.17. The summed E-state index contributed by atoms with van der Waals surface area (Å²) in [6, 6.07) is 15.0. The number of piperidine rings is 1. The Balaban J connectivity index is 1.37. The fourth-order valence-corrected chi connectivity index (χ4v) is 8.08. The van der Waals surface area contributed by atoms with Gasteiger partial charge in [-0.2, -0.15) is 8.86 Å². The highest BCUT2D eigenvalue weighted by molar-refractivity contribution is 8.00. The average Bonchev–Trinajstić information content (AvgIpc) is 3.51. The van der Waals surface area contributed by atoms with Crippen LogP contribution in [0.3, 0.4) is 0 Å². The second kappa shape index (κ2) is 10.9. The first-order valence-electron chi connectivity index (χ1n) is 13.2. The topological polar surface area (TPSA) is 106 Å². The van der Waals surface area contributed by atoms with Crippen LogP contribution >= 0.6 is 0 Å². The largest absolute Gasteiger partial charge is 0.483 e. The molecule has 2 heterocycles. The van der Waals surface area contributed by atoms with Crippen molar-refractivity contribution in [2.24, 2.45) is 0 Å². The van der Waals surface area contributed by atoms with Gasteiger partial charge in [-0.25, -0.2) is 4.39 Å². The van der Waals surface area contributed by atoms with Crippen molar-refractivity contribution >= 4 is 33.9 Å². The van der Waals surface area contributed by atoms with Gasteiger partial charge >= 0.3 is 10.4 Å². The summed E-state index contributed by atoms with van der Waals surface area (Å²) in [5.41, 5.74) is 1.38. The molecule has 1 spiro atoms. The number of allylic oxidation sites excluding steroid dienone is 1. The minimum absolute atomic E-state index is 0.0363. The quantitative estimate of drug-likeness (QED) is 0.193. The first-order chi connectivity index (χ1) is 18.3. The van der Waals surface area contributed by atoms with Crippen LogP contribution in [0.5, 0.6) is 0 Å². The number of amides is 1. The maximum atomic E-state index is 13.8. The highest BCUT2D eigenvalue weighted by Gasteiger charge is 2.64. The van der Waals surface area contributed by atoms with E-state index in [-0.39, 0.29) is 11.9 Å². The van der Waals surface area contributed by atoms with Gasteiger partial charge < -0.3 is 20.4 Å². The summed E-state index contributed by atoms with van der Waals surface area (Å²) >= 11 is 0. The molecule has 3 fully saturated rings. The van der Waals surface area contributed by atoms with E-state index in [2.05, 4.69) is 5.32 Å². The van der Waals surface area contributed by atoms with Crippen LogP contribution in [-0.2, 0) is 24.1 Å². The van der Waals surface area contributed by atoms with Gasteiger partial charge in [-0.05, 0) is 60.2 Å². The zero-order valence-corrected chi connectivity index (χ0v) is 22.1. The number of nitrogens with zero attached hydrogens (tertiary/aromatic N) is 2. The smallest absolute Gasteiger partial charge is 0.319 e. The van der Waals surface area contributed by atoms with E-state index < -0.39 is 26.9 Å². The van der Waals surface area contributed by atoms with Crippen LogP contribution in [0.4, 0.5) is 15.8 Å². The van der Waals surface area contributed by atoms with E-state index in [0.717, 1.165) is 37.6 Å². The molecule has 38 heavy (non-hydrogen) atoms. The molecule has 0 bridgehead atoms. The number of halogens is 1. The van der Waals surface area contributed by atoms with Crippen LogP contribution in [0.25, 0.3) is 0 Å². The second-order valence-electron chi connectivity index (χ2n) is 10.2. The van der Waals surface area contributed by atoms with Crippen LogP contribution in [-0.4, -0.2) is 52.1 Å². The standard InChI is InChI=1S/C28H33FN4O4S/c29-21-7-6-8-22(19-21)31-27(34)26(37-24-11-4-5-12-24)25(20-30)32-16-13-28(14-17-32)15-18-33(38(28,35)36)23-9-2-1-3-10-23/h1-3,6-10,19-20,24,30H,4-5,11-18H2,(H-,31,34,35,36)/p+1/b26-25-,30-20?. The van der Waals surface area contributed by atoms with Crippen molar-refractivity contribution in [1.29, 1.82) is 5.41 Å². The maximum Gasteiger partial charge on any atom is 0.319 e. The molecule has 0 radical (unpaired) electrons. The monoisotopic (exact) mass is 541 g/mol. The molecule has 1 aliphatic carbocycles. The van der Waals surface area contributed by atoms with Gasteiger partial charge in [0.1, 0.15) is 11.5 Å². The number of hydrogen-bond acceptors (Lipinski definition) is 5. The zero-order chi connectivity index (χ0) is 26.8. The minimum atomic E-state index is -3.32. The first-order valence-corrected chi connectivity index (χ1v) is 14.6. The summed E-state index contributed by atoms with van der Waals surface area (Å²) in [5, 5.41) is 10.9. The SMILES string of the molecule is N=C/C(=C(/OC1CCCC1)C(=O)Nc1cccc(F)c1)N1CCC2(CC1)CCN(c1ccccc1)[S+]2(=O)O. The van der Waals surface area contributed by atoms with E-state index in [1.807, 2.05) is 35.2 Å². The van der Waals surface area contributed by atoms with Crippen LogP contribution in [0.2, 0.25) is 0 Å². The molecule has 0 aromatic heterocycles. The lowest BCUT2D eigenvalue weighted by Gasteiger charge is -2.38. The van der Waals surface area contributed by atoms with Gasteiger partial charge in [0.25, 0.3) is 5.91 Å². The Labute approximate surface area is 223 Å². The van der Waals surface area contributed by atoms with Gasteiger partial charge in [0.2, 0.25) is 5.76 Å². The van der Waals surface area contributed by atoms with Crippen molar-refractivity contribution in [2.75, 3.05) is 29.3 Å². The molecule has 10 heteroatoms. The van der Waals surface area contributed by atoms with Crippen LogP contribution in [0, 0.1) is 11.2 Å². The second-order valence-corrected chi connectivity index (χ2v) is 12.5. The molecule has 2 aromatic carbocycles. The number of benzene rings is 2. The number of rotatable bonds is 7. The van der Waals surface area contributed by atoms with E-state index in [1.54, 1.807) is 10.4 Å². The molecule has 1 unspecified atom stereocenters. The van der Waals surface area contributed by atoms with E-state index in [1.165, 1.54) is 18.2 Å². The Morgan fingerprint density at radius 2 is 1.76 bits per heavy atom. The summed E-state index contributed by atoms with van der Waals surface area (Å²) in [7, 11) is -3.32. The molecule has 2 saturated heterocycles. The molecule has 1 amide bonds. The van der Waals surface area contributed by atoms with Crippen molar-refractivity contribution in [3.63, 3.8) is 0 Å². The van der Waals surface area contributed by atoms with Gasteiger partial charge in [-0.15, -0.1) is 0 Å². The lowest BCUT2D eigenvalue weighted by molar-refractivity contribution is -0.117. The van der Waals surface area contributed by atoms with Gasteiger partial charge in [-0.1, -0.05) is 24.3 Å². The van der Waals surface area contributed by atoms with Crippen molar-refractivity contribution in [3.8, 4) is 0 Å². The predicted octanol–water partition coefficient (Wildman–Crippen LogP) is 5.22.